The number of aromatic nitrogens is 2. The van der Waals surface area contributed by atoms with E-state index in [-0.39, 0.29) is 23.9 Å². The Kier molecular flexibility index (Phi) is 7.76. The van der Waals surface area contributed by atoms with E-state index in [2.05, 4.69) is 26.3 Å². The molecule has 0 radical (unpaired) electrons. The van der Waals surface area contributed by atoms with Crippen molar-refractivity contribution in [1.29, 1.82) is 0 Å². The molecule has 9 nitrogen and oxygen atoms in total. The Morgan fingerprint density at radius 3 is 2.67 bits per heavy atom. The van der Waals surface area contributed by atoms with E-state index < -0.39 is 0 Å². The molecule has 1 amide bonds. The van der Waals surface area contributed by atoms with Gasteiger partial charge in [-0.25, -0.2) is 4.98 Å². The monoisotopic (exact) mass is 636 g/mol. The number of ether oxygens (including phenoxy) is 2. The predicted molar refractivity (Wildman–Crippen MR) is 170 cm³/mol. The highest BCUT2D eigenvalue weighted by Gasteiger charge is 2.17. The molecule has 0 aliphatic heterocycles. The molecule has 0 aliphatic carbocycles. The van der Waals surface area contributed by atoms with E-state index >= 15 is 0 Å². The summed E-state index contributed by atoms with van der Waals surface area (Å²) in [7, 11) is 1.51. The fraction of sp³-hybridized carbons (Fsp3) is 0.0909. The first-order valence-electron chi connectivity index (χ1n) is 13.3. The summed E-state index contributed by atoms with van der Waals surface area (Å²) in [6, 6.07) is 27.2. The molecular formula is C33H25BrN4O5. The number of furan rings is 1. The molecule has 2 aromatic heterocycles. The van der Waals surface area contributed by atoms with Crippen LogP contribution in [-0.2, 0) is 4.79 Å². The largest absolute Gasteiger partial charge is 0.493 e. The van der Waals surface area contributed by atoms with E-state index in [1.807, 2.05) is 61.5 Å². The van der Waals surface area contributed by atoms with Crippen LogP contribution in [-0.4, -0.2) is 35.5 Å². The summed E-state index contributed by atoms with van der Waals surface area (Å²) in [4.78, 5) is 30.8. The number of nitrogens with one attached hydrogen (secondary N) is 1. The Morgan fingerprint density at radius 2 is 1.84 bits per heavy atom. The zero-order chi connectivity index (χ0) is 29.9. The van der Waals surface area contributed by atoms with Gasteiger partial charge >= 0.3 is 0 Å². The average Bonchev–Trinajstić information content (AvgIpc) is 3.44. The number of benzene rings is 4. The Labute approximate surface area is 254 Å². The number of para-hydroxylation sites is 2. The molecule has 0 atom stereocenters. The molecule has 0 saturated heterocycles. The van der Waals surface area contributed by atoms with E-state index in [1.54, 1.807) is 36.4 Å². The number of halogens is 1. The van der Waals surface area contributed by atoms with E-state index in [4.69, 9.17) is 18.9 Å². The summed E-state index contributed by atoms with van der Waals surface area (Å²) in [6.07, 6.45) is 1.53. The Morgan fingerprint density at radius 1 is 1.02 bits per heavy atom. The fourth-order valence-electron chi connectivity index (χ4n) is 4.57. The Hall–Kier alpha value is -5.22. The lowest BCUT2D eigenvalue weighted by molar-refractivity contribution is -0.118. The first kappa shape index (κ1) is 27.9. The zero-order valence-corrected chi connectivity index (χ0v) is 24.8. The fourth-order valence-corrected chi connectivity index (χ4v) is 4.94. The number of rotatable bonds is 8. The van der Waals surface area contributed by atoms with Crippen LogP contribution < -0.4 is 20.3 Å². The second-order valence-electron chi connectivity index (χ2n) is 9.67. The smallest absolute Gasteiger partial charge is 0.282 e. The Balaban J connectivity index is 1.29. The van der Waals surface area contributed by atoms with Crippen molar-refractivity contribution in [3.63, 3.8) is 0 Å². The molecule has 0 unspecified atom stereocenters. The van der Waals surface area contributed by atoms with Crippen molar-refractivity contribution in [2.24, 2.45) is 5.10 Å². The molecule has 43 heavy (non-hydrogen) atoms. The minimum Gasteiger partial charge on any atom is -0.493 e. The van der Waals surface area contributed by atoms with Crippen LogP contribution in [0.4, 0.5) is 5.69 Å². The summed E-state index contributed by atoms with van der Waals surface area (Å²) in [6.45, 7) is 1.72. The van der Waals surface area contributed by atoms with Gasteiger partial charge in [-0.15, -0.1) is 0 Å². The van der Waals surface area contributed by atoms with Gasteiger partial charge in [0.2, 0.25) is 5.82 Å². The quantitative estimate of drug-likeness (QED) is 0.184. The van der Waals surface area contributed by atoms with Gasteiger partial charge in [-0.3, -0.25) is 9.59 Å². The lowest BCUT2D eigenvalue weighted by Gasteiger charge is -2.12. The number of amides is 1. The Bertz CT molecular complexity index is 2080. The topological polar surface area (TPSA) is 108 Å². The lowest BCUT2D eigenvalue weighted by atomic mass is 10.2. The summed E-state index contributed by atoms with van der Waals surface area (Å²) >= 11 is 3.48. The van der Waals surface area contributed by atoms with Crippen molar-refractivity contribution < 1.29 is 18.7 Å². The third kappa shape index (κ3) is 5.91. The molecule has 10 heteroatoms. The van der Waals surface area contributed by atoms with Gasteiger partial charge in [-0.2, -0.15) is 9.78 Å². The number of hydrogen-bond acceptors (Lipinski definition) is 7. The lowest BCUT2D eigenvalue weighted by Crippen LogP contribution is -2.21. The number of carbonyl (C=O) groups is 1. The van der Waals surface area contributed by atoms with E-state index in [1.165, 1.54) is 18.0 Å². The van der Waals surface area contributed by atoms with Crippen LogP contribution in [0.15, 0.2) is 110 Å². The molecular weight excluding hydrogens is 612 g/mol. The molecule has 0 aliphatic rings. The first-order chi connectivity index (χ1) is 20.9. The van der Waals surface area contributed by atoms with Crippen LogP contribution in [0.5, 0.6) is 11.5 Å². The van der Waals surface area contributed by atoms with Crippen molar-refractivity contribution in [2.45, 2.75) is 6.92 Å². The summed E-state index contributed by atoms with van der Waals surface area (Å²) in [5.74, 6) is 1.16. The van der Waals surface area contributed by atoms with Gasteiger partial charge in [0.15, 0.2) is 23.9 Å². The number of fused-ring (bicyclic) bond motifs is 2. The minimum atomic E-state index is -0.343. The maximum atomic E-state index is 13.6. The van der Waals surface area contributed by atoms with Gasteiger partial charge < -0.3 is 19.2 Å². The van der Waals surface area contributed by atoms with Crippen molar-refractivity contribution in [2.75, 3.05) is 19.0 Å². The number of methoxy groups -OCH3 is 1. The minimum absolute atomic E-state index is 0.201. The molecule has 6 aromatic rings. The molecule has 0 saturated carbocycles. The molecule has 0 fully saturated rings. The maximum Gasteiger partial charge on any atom is 0.282 e. The summed E-state index contributed by atoms with van der Waals surface area (Å²) in [5, 5.41) is 8.63. The highest BCUT2D eigenvalue weighted by atomic mass is 79.9. The number of aryl methyl sites for hydroxylation is 1. The zero-order valence-electron chi connectivity index (χ0n) is 23.2. The van der Waals surface area contributed by atoms with Gasteiger partial charge in [0, 0.05) is 15.5 Å². The summed E-state index contributed by atoms with van der Waals surface area (Å²) < 4.78 is 19.4. The second-order valence-corrected chi connectivity index (χ2v) is 10.6. The molecule has 214 valence electrons. The number of hydrogen-bond donors (Lipinski definition) is 1. The molecule has 6 rings (SSSR count). The van der Waals surface area contributed by atoms with E-state index in [9.17, 15) is 9.59 Å². The van der Waals surface area contributed by atoms with Gasteiger partial charge in [0.1, 0.15) is 5.58 Å². The van der Waals surface area contributed by atoms with Gasteiger partial charge in [-0.05, 0) is 78.7 Å². The molecule has 0 bridgehead atoms. The normalized spacial score (nSPS) is 11.3. The molecule has 2 heterocycles. The maximum absolute atomic E-state index is 13.6. The van der Waals surface area contributed by atoms with Crippen molar-refractivity contribution in [3.05, 3.63) is 117 Å². The highest BCUT2D eigenvalue weighted by Crippen LogP contribution is 2.30. The van der Waals surface area contributed by atoms with E-state index in [0.717, 1.165) is 21.1 Å². The second kappa shape index (κ2) is 11.9. The average molecular weight is 637 g/mol. The molecule has 0 spiro atoms. The number of anilines is 1. The summed E-state index contributed by atoms with van der Waals surface area (Å²) in [5.41, 5.74) is 3.16. The number of nitrogens with zero attached hydrogens (tertiary/aromatic N) is 3. The van der Waals surface area contributed by atoms with Crippen LogP contribution in [0.2, 0.25) is 0 Å². The molecule has 4 aromatic carbocycles. The third-order valence-electron chi connectivity index (χ3n) is 6.74. The van der Waals surface area contributed by atoms with Gasteiger partial charge in [0.25, 0.3) is 11.5 Å². The van der Waals surface area contributed by atoms with Crippen LogP contribution in [0.3, 0.4) is 0 Å². The first-order valence-corrected chi connectivity index (χ1v) is 14.1. The highest BCUT2D eigenvalue weighted by molar-refractivity contribution is 9.10. The van der Waals surface area contributed by atoms with Crippen molar-refractivity contribution >= 4 is 55.6 Å². The van der Waals surface area contributed by atoms with Crippen molar-refractivity contribution in [1.82, 2.24) is 9.66 Å². The van der Waals surface area contributed by atoms with Crippen LogP contribution >= 0.6 is 15.9 Å². The SMILES string of the molecule is COc1cc(C=Nn2c(-c3cc4cc(Br)ccc4o3)nc3ccccc3c2=O)ccc1OCC(=O)Nc1ccccc1C. The third-order valence-corrected chi connectivity index (χ3v) is 7.23. The predicted octanol–water partition coefficient (Wildman–Crippen LogP) is 6.79. The van der Waals surface area contributed by atoms with Crippen molar-refractivity contribution in [3.8, 4) is 23.1 Å². The van der Waals surface area contributed by atoms with Gasteiger partial charge in [-0.1, -0.05) is 46.3 Å². The van der Waals surface area contributed by atoms with E-state index in [0.29, 0.717) is 39.3 Å². The standard InChI is InChI=1S/C33H25BrN4O5/c1-20-7-3-5-9-25(20)36-31(39)19-42-28-13-11-21(15-29(28)41-2)18-35-38-32(37-26-10-6-4-8-24(26)33(38)40)30-17-22-16-23(34)12-14-27(22)43-30/h3-18H,19H2,1-2H3,(H,36,39). The number of carbonyl (C=O) groups excluding carboxylic acids is 1. The van der Waals surface area contributed by atoms with Gasteiger partial charge in [0.05, 0.1) is 24.2 Å². The molecule has 1 N–H and O–H groups in total. The van der Waals surface area contributed by atoms with Crippen LogP contribution in [0.1, 0.15) is 11.1 Å². The van der Waals surface area contributed by atoms with Crippen LogP contribution in [0, 0.1) is 6.92 Å². The van der Waals surface area contributed by atoms with Crippen LogP contribution in [0.25, 0.3) is 33.5 Å².